The summed E-state index contributed by atoms with van der Waals surface area (Å²) >= 11 is 6.23. The van der Waals surface area contributed by atoms with Crippen LogP contribution in [0.1, 0.15) is 49.7 Å². The zero-order valence-electron chi connectivity index (χ0n) is 19.1. The Balaban J connectivity index is 1.38. The van der Waals surface area contributed by atoms with Gasteiger partial charge in [-0.1, -0.05) is 24.3 Å². The molecule has 8 nitrogen and oxygen atoms in total. The van der Waals surface area contributed by atoms with Gasteiger partial charge in [0.2, 0.25) is 5.28 Å². The highest BCUT2D eigenvalue weighted by atomic mass is 35.5. The molecule has 1 N–H and O–H groups in total. The Morgan fingerprint density at radius 1 is 1.14 bits per heavy atom. The van der Waals surface area contributed by atoms with Crippen LogP contribution in [0, 0.1) is 0 Å². The minimum atomic E-state index is -4.49. The monoisotopic (exact) mass is 505 g/mol. The van der Waals surface area contributed by atoms with Crippen LogP contribution in [-0.4, -0.2) is 35.7 Å². The van der Waals surface area contributed by atoms with E-state index in [2.05, 4.69) is 25.3 Å². The van der Waals surface area contributed by atoms with Gasteiger partial charge in [0.15, 0.2) is 22.7 Å². The fourth-order valence-corrected chi connectivity index (χ4v) is 4.39. The quantitative estimate of drug-likeness (QED) is 0.347. The van der Waals surface area contributed by atoms with E-state index >= 15 is 0 Å². The summed E-state index contributed by atoms with van der Waals surface area (Å²) in [5.74, 6) is 0.731. The maximum atomic E-state index is 13.0. The van der Waals surface area contributed by atoms with Crippen molar-refractivity contribution < 1.29 is 17.9 Å². The highest BCUT2D eigenvalue weighted by Gasteiger charge is 2.34. The predicted octanol–water partition coefficient (Wildman–Crippen LogP) is 5.77. The van der Waals surface area contributed by atoms with Crippen LogP contribution in [0.5, 0.6) is 0 Å². The smallest absolute Gasteiger partial charge is 0.362 e. The molecule has 0 aliphatic carbocycles. The van der Waals surface area contributed by atoms with E-state index in [4.69, 9.17) is 16.3 Å². The number of imidazole rings is 2. The topological polar surface area (TPSA) is 82.7 Å². The van der Waals surface area contributed by atoms with E-state index in [1.807, 2.05) is 23.6 Å². The second-order valence-corrected chi connectivity index (χ2v) is 8.87. The van der Waals surface area contributed by atoms with Crippen molar-refractivity contribution >= 4 is 28.6 Å². The summed E-state index contributed by atoms with van der Waals surface area (Å²) in [5, 5.41) is 3.42. The maximum Gasteiger partial charge on any atom is 0.434 e. The van der Waals surface area contributed by atoms with E-state index in [0.717, 1.165) is 31.0 Å². The number of ether oxygens (including phenoxy) is 1. The fourth-order valence-electron chi connectivity index (χ4n) is 4.22. The molecule has 4 heterocycles. The summed E-state index contributed by atoms with van der Waals surface area (Å²) < 4.78 is 48.1. The number of anilines is 1. The molecule has 35 heavy (non-hydrogen) atoms. The molecule has 1 aromatic carbocycles. The SMILES string of the molecule is CC(Nc1nc(Cl)nc2c1ncn2C1CCCCO1)c1ccc(-c2nc(C(F)(F)F)cn2C)cc1. The zero-order valence-corrected chi connectivity index (χ0v) is 19.8. The number of fused-ring (bicyclic) bond motifs is 1. The number of hydrogen-bond donors (Lipinski definition) is 1. The Morgan fingerprint density at radius 3 is 2.57 bits per heavy atom. The Hall–Kier alpha value is -3.18. The highest BCUT2D eigenvalue weighted by molar-refractivity contribution is 6.28. The molecule has 2 unspecified atom stereocenters. The Morgan fingerprint density at radius 2 is 1.91 bits per heavy atom. The largest absolute Gasteiger partial charge is 0.434 e. The first-order chi connectivity index (χ1) is 16.7. The number of alkyl halides is 3. The zero-order chi connectivity index (χ0) is 24.7. The van der Waals surface area contributed by atoms with E-state index in [0.29, 0.717) is 29.2 Å². The molecular formula is C23H23ClF3N7O. The molecule has 1 fully saturated rings. The first-order valence-electron chi connectivity index (χ1n) is 11.2. The van der Waals surface area contributed by atoms with Crippen LogP contribution in [0.4, 0.5) is 19.0 Å². The second kappa shape index (κ2) is 9.12. The first-order valence-corrected chi connectivity index (χ1v) is 11.6. The van der Waals surface area contributed by atoms with Gasteiger partial charge < -0.3 is 14.6 Å². The second-order valence-electron chi connectivity index (χ2n) is 8.53. The molecule has 0 saturated carbocycles. The molecule has 1 aliphatic rings. The van der Waals surface area contributed by atoms with Crippen LogP contribution in [0.3, 0.4) is 0 Å². The first kappa shape index (κ1) is 23.6. The fraction of sp³-hybridized carbons (Fsp3) is 0.391. The van der Waals surface area contributed by atoms with Gasteiger partial charge in [0.1, 0.15) is 12.1 Å². The maximum absolute atomic E-state index is 13.0. The standard InChI is InChI=1S/C23H23ClF3N7O/c1-13(14-6-8-15(9-7-14)20-30-16(11-33(20)2)23(25,26)27)29-19-18-21(32-22(24)31-19)34(12-28-18)17-5-3-4-10-35-17/h6-9,11-13,17H,3-5,10H2,1-2H3,(H,29,31,32). The predicted molar refractivity (Wildman–Crippen MR) is 125 cm³/mol. The molecule has 0 amide bonds. The van der Waals surface area contributed by atoms with Gasteiger partial charge in [-0.3, -0.25) is 4.57 Å². The number of aryl methyl sites for hydroxylation is 1. The van der Waals surface area contributed by atoms with Crippen LogP contribution < -0.4 is 5.32 Å². The van der Waals surface area contributed by atoms with Gasteiger partial charge >= 0.3 is 6.18 Å². The minimum Gasteiger partial charge on any atom is -0.362 e. The molecule has 3 aromatic heterocycles. The van der Waals surface area contributed by atoms with Crippen molar-refractivity contribution in [2.24, 2.45) is 7.05 Å². The number of hydrogen-bond acceptors (Lipinski definition) is 6. The third-order valence-electron chi connectivity index (χ3n) is 6.05. The van der Waals surface area contributed by atoms with Crippen LogP contribution in [0.2, 0.25) is 5.28 Å². The van der Waals surface area contributed by atoms with E-state index in [-0.39, 0.29) is 23.4 Å². The molecule has 0 radical (unpaired) electrons. The summed E-state index contributed by atoms with van der Waals surface area (Å²) in [6.07, 6.45) is 1.02. The molecule has 2 atom stereocenters. The van der Waals surface area contributed by atoms with Crippen LogP contribution in [0.15, 0.2) is 36.8 Å². The third-order valence-corrected chi connectivity index (χ3v) is 6.22. The number of aromatic nitrogens is 6. The van der Waals surface area contributed by atoms with E-state index in [1.165, 1.54) is 11.6 Å². The van der Waals surface area contributed by atoms with Gasteiger partial charge in [-0.25, -0.2) is 9.97 Å². The molecule has 5 rings (SSSR count). The van der Waals surface area contributed by atoms with Crippen LogP contribution in [-0.2, 0) is 18.0 Å². The normalized spacial score (nSPS) is 17.6. The number of rotatable bonds is 5. The molecular weight excluding hydrogens is 483 g/mol. The molecule has 4 aromatic rings. The number of halogens is 4. The van der Waals surface area contributed by atoms with Gasteiger partial charge in [-0.2, -0.15) is 23.1 Å². The van der Waals surface area contributed by atoms with Crippen molar-refractivity contribution in [3.8, 4) is 11.4 Å². The Kier molecular flexibility index (Phi) is 6.14. The van der Waals surface area contributed by atoms with Crippen LogP contribution in [0.25, 0.3) is 22.6 Å². The number of nitrogens with one attached hydrogen (secondary N) is 1. The lowest BCUT2D eigenvalue weighted by Gasteiger charge is -2.23. The van der Waals surface area contributed by atoms with Gasteiger partial charge in [0.05, 0.1) is 12.4 Å². The van der Waals surface area contributed by atoms with Gasteiger partial charge in [0.25, 0.3) is 0 Å². The lowest BCUT2D eigenvalue weighted by Crippen LogP contribution is -2.18. The minimum absolute atomic E-state index is 0.0929. The summed E-state index contributed by atoms with van der Waals surface area (Å²) in [4.78, 5) is 17.0. The molecule has 12 heteroatoms. The lowest BCUT2D eigenvalue weighted by atomic mass is 10.1. The van der Waals surface area contributed by atoms with Gasteiger partial charge in [0, 0.05) is 25.4 Å². The van der Waals surface area contributed by atoms with Crippen molar-refractivity contribution in [2.45, 2.75) is 44.6 Å². The van der Waals surface area contributed by atoms with Crippen molar-refractivity contribution in [1.82, 2.24) is 29.1 Å². The number of benzene rings is 1. The van der Waals surface area contributed by atoms with E-state index in [9.17, 15) is 13.2 Å². The van der Waals surface area contributed by atoms with E-state index in [1.54, 1.807) is 18.5 Å². The van der Waals surface area contributed by atoms with Gasteiger partial charge in [-0.05, 0) is 43.4 Å². The summed E-state index contributed by atoms with van der Waals surface area (Å²) in [5.41, 5.74) is 1.74. The Labute approximate surface area is 204 Å². The van der Waals surface area contributed by atoms with E-state index < -0.39 is 11.9 Å². The van der Waals surface area contributed by atoms with Crippen LogP contribution >= 0.6 is 11.6 Å². The third kappa shape index (κ3) is 4.70. The highest BCUT2D eigenvalue weighted by Crippen LogP contribution is 2.32. The van der Waals surface area contributed by atoms with Gasteiger partial charge in [-0.15, -0.1) is 0 Å². The molecule has 1 aliphatic heterocycles. The summed E-state index contributed by atoms with van der Waals surface area (Å²) in [7, 11) is 1.54. The van der Waals surface area contributed by atoms with Crippen molar-refractivity contribution in [3.63, 3.8) is 0 Å². The summed E-state index contributed by atoms with van der Waals surface area (Å²) in [6.45, 7) is 2.64. The molecule has 184 valence electrons. The van der Waals surface area contributed by atoms with Crippen molar-refractivity contribution in [3.05, 3.63) is 53.3 Å². The molecule has 0 spiro atoms. The average molecular weight is 506 g/mol. The summed E-state index contributed by atoms with van der Waals surface area (Å²) in [6, 6.07) is 6.97. The molecule has 1 saturated heterocycles. The lowest BCUT2D eigenvalue weighted by molar-refractivity contribution is -0.140. The average Bonchev–Trinajstić information content (AvgIpc) is 3.43. The van der Waals surface area contributed by atoms with Crippen molar-refractivity contribution in [2.75, 3.05) is 11.9 Å². The Bertz CT molecular complexity index is 1340. The molecule has 0 bridgehead atoms. The number of nitrogens with zero attached hydrogens (tertiary/aromatic N) is 6. The van der Waals surface area contributed by atoms with Crippen molar-refractivity contribution in [1.29, 1.82) is 0 Å².